The fourth-order valence-electron chi connectivity index (χ4n) is 5.36. The maximum absolute atomic E-state index is 13.6. The van der Waals surface area contributed by atoms with Crippen molar-refractivity contribution in [2.24, 2.45) is 11.7 Å². The summed E-state index contributed by atoms with van der Waals surface area (Å²) in [7, 11) is 0. The number of rotatable bonds is 12. The molecule has 0 aliphatic carbocycles. The second-order valence-electron chi connectivity index (χ2n) is 11.6. The number of halogens is 2. The number of nitrogens with zero attached hydrogens (tertiary/aromatic N) is 7. The van der Waals surface area contributed by atoms with Gasteiger partial charge in [0, 0.05) is 69.2 Å². The lowest BCUT2D eigenvalue weighted by Gasteiger charge is -2.39. The summed E-state index contributed by atoms with van der Waals surface area (Å²) in [4.78, 5) is 27.3. The van der Waals surface area contributed by atoms with Crippen molar-refractivity contribution in [2.75, 3.05) is 68.1 Å². The van der Waals surface area contributed by atoms with Crippen LogP contribution in [0.15, 0.2) is 36.5 Å². The molecule has 5 N–H and O–H groups in total. The lowest BCUT2D eigenvalue weighted by molar-refractivity contribution is -0.126. The van der Waals surface area contributed by atoms with Crippen molar-refractivity contribution < 1.29 is 18.3 Å². The number of nitrogens with two attached hydrogens (primary N) is 2. The smallest absolute Gasteiger partial charge is 0.238 e. The molecule has 2 aromatic heterocycles. The predicted octanol–water partition coefficient (Wildman–Crippen LogP) is 2.32. The number of piperazine rings is 1. The van der Waals surface area contributed by atoms with E-state index in [0.29, 0.717) is 43.5 Å². The number of aromatic nitrogens is 4. The molecule has 0 spiro atoms. The van der Waals surface area contributed by atoms with Gasteiger partial charge in [-0.05, 0) is 25.0 Å². The highest BCUT2D eigenvalue weighted by Crippen LogP contribution is 2.24. The normalized spacial score (nSPS) is 17.5. The van der Waals surface area contributed by atoms with Crippen molar-refractivity contribution in [1.29, 1.82) is 0 Å². The second-order valence-corrected chi connectivity index (χ2v) is 11.6. The largest absolute Gasteiger partial charge is 0.369 e. The van der Waals surface area contributed by atoms with Gasteiger partial charge in [0.05, 0.1) is 24.0 Å². The molecule has 0 radical (unpaired) electrons. The average Bonchev–Trinajstić information content (AvgIpc) is 3.36. The van der Waals surface area contributed by atoms with E-state index in [-0.39, 0.29) is 30.6 Å². The van der Waals surface area contributed by atoms with Gasteiger partial charge in [-0.15, -0.1) is 0 Å². The van der Waals surface area contributed by atoms with Gasteiger partial charge in [-0.3, -0.25) is 9.69 Å². The van der Waals surface area contributed by atoms with Gasteiger partial charge in [0.25, 0.3) is 0 Å². The third kappa shape index (κ3) is 7.93. The van der Waals surface area contributed by atoms with Gasteiger partial charge in [0.1, 0.15) is 24.2 Å². The van der Waals surface area contributed by atoms with E-state index >= 15 is 0 Å². The van der Waals surface area contributed by atoms with E-state index in [2.05, 4.69) is 31.4 Å². The summed E-state index contributed by atoms with van der Waals surface area (Å²) in [6, 6.07) is 4.93. The molecule has 1 amide bonds. The van der Waals surface area contributed by atoms with Gasteiger partial charge in [-0.1, -0.05) is 32.4 Å². The molecule has 45 heavy (non-hydrogen) atoms. The Morgan fingerprint density at radius 1 is 1.09 bits per heavy atom. The molecule has 2 aliphatic heterocycles. The Kier molecular flexibility index (Phi) is 10.3. The first-order valence-electron chi connectivity index (χ1n) is 15.3. The van der Waals surface area contributed by atoms with Crippen LogP contribution < -0.4 is 26.6 Å². The number of anilines is 3. The van der Waals surface area contributed by atoms with Crippen LogP contribution in [-0.2, 0) is 9.53 Å². The molecule has 2 fully saturated rings. The molecule has 2 atom stereocenters. The van der Waals surface area contributed by atoms with Crippen LogP contribution in [0.5, 0.6) is 0 Å². The highest BCUT2D eigenvalue weighted by atomic mass is 19.1. The van der Waals surface area contributed by atoms with Gasteiger partial charge in [-0.2, -0.15) is 15.1 Å². The predicted molar refractivity (Wildman–Crippen MR) is 170 cm³/mol. The first-order valence-corrected chi connectivity index (χ1v) is 15.3. The zero-order valence-corrected chi connectivity index (χ0v) is 26.0. The summed E-state index contributed by atoms with van der Waals surface area (Å²) < 4.78 is 34.8. The minimum absolute atomic E-state index is 0.0553. The van der Waals surface area contributed by atoms with E-state index in [1.54, 1.807) is 10.9 Å². The summed E-state index contributed by atoms with van der Waals surface area (Å²) in [5.41, 5.74) is 14.5. The number of carbonyl (C=O) groups is 1. The van der Waals surface area contributed by atoms with Gasteiger partial charge in [0.2, 0.25) is 11.9 Å². The minimum atomic E-state index is -0.562. The molecule has 2 saturated heterocycles. The highest BCUT2D eigenvalue weighted by Gasteiger charge is 2.30. The molecule has 2 aliphatic rings. The Morgan fingerprint density at radius 3 is 2.47 bits per heavy atom. The zero-order chi connectivity index (χ0) is 32.1. The number of nitrogens with one attached hydrogen (secondary N) is 1. The van der Waals surface area contributed by atoms with E-state index in [4.69, 9.17) is 16.2 Å². The monoisotopic (exact) mass is 624 g/mol. The fraction of sp³-hybridized carbons (Fsp3) is 0.484. The Labute approximate surface area is 262 Å². The molecule has 0 bridgehead atoms. The van der Waals surface area contributed by atoms with Crippen LogP contribution in [0.3, 0.4) is 0 Å². The summed E-state index contributed by atoms with van der Waals surface area (Å²) >= 11 is 0. The molecular weight excluding hydrogens is 582 g/mol. The Morgan fingerprint density at radius 2 is 1.78 bits per heavy atom. The van der Waals surface area contributed by atoms with Crippen LogP contribution >= 0.6 is 0 Å². The van der Waals surface area contributed by atoms with E-state index in [1.807, 2.05) is 42.7 Å². The van der Waals surface area contributed by atoms with E-state index in [1.165, 1.54) is 12.1 Å². The van der Waals surface area contributed by atoms with Gasteiger partial charge >= 0.3 is 0 Å². The lowest BCUT2D eigenvalue weighted by atomic mass is 10.00. The highest BCUT2D eigenvalue weighted by molar-refractivity contribution is 5.81. The van der Waals surface area contributed by atoms with Crippen molar-refractivity contribution in [2.45, 2.75) is 39.3 Å². The van der Waals surface area contributed by atoms with Gasteiger partial charge in [-0.25, -0.2) is 13.5 Å². The molecule has 14 heteroatoms. The molecule has 0 saturated carbocycles. The molecule has 242 valence electrons. The zero-order valence-electron chi connectivity index (χ0n) is 26.0. The van der Waals surface area contributed by atoms with Crippen molar-refractivity contribution >= 4 is 29.4 Å². The topological polar surface area (TPSA) is 144 Å². The first kappa shape index (κ1) is 32.3. The molecule has 5 rings (SSSR count). The van der Waals surface area contributed by atoms with Gasteiger partial charge < -0.3 is 31.3 Å². The van der Waals surface area contributed by atoms with E-state index in [9.17, 15) is 13.6 Å². The molecule has 12 nitrogen and oxygen atoms in total. The third-order valence-corrected chi connectivity index (χ3v) is 8.52. The van der Waals surface area contributed by atoms with Crippen LogP contribution in [0, 0.1) is 24.5 Å². The van der Waals surface area contributed by atoms with Gasteiger partial charge in [0.15, 0.2) is 5.82 Å². The molecule has 1 aromatic carbocycles. The summed E-state index contributed by atoms with van der Waals surface area (Å²) in [5, 5.41) is 7.29. The first-order chi connectivity index (χ1) is 21.6. The van der Waals surface area contributed by atoms with Crippen molar-refractivity contribution in [3.8, 4) is 5.82 Å². The number of hydrogen-bond acceptors (Lipinski definition) is 10. The van der Waals surface area contributed by atoms with Crippen LogP contribution in [0.25, 0.3) is 11.9 Å². The van der Waals surface area contributed by atoms with Crippen LogP contribution in [0.1, 0.15) is 31.5 Å². The second kappa shape index (κ2) is 14.3. The Bertz CT molecular complexity index is 1480. The van der Waals surface area contributed by atoms with E-state index < -0.39 is 17.7 Å². The number of ether oxygens (including phenoxy) is 1. The van der Waals surface area contributed by atoms with Crippen LogP contribution in [0.2, 0.25) is 0 Å². The van der Waals surface area contributed by atoms with Crippen molar-refractivity contribution in [1.82, 2.24) is 30.0 Å². The molecular formula is C31H42F2N10O2. The average molecular weight is 625 g/mol. The Balaban J connectivity index is 1.11. The number of benzene rings is 1. The summed E-state index contributed by atoms with van der Waals surface area (Å²) in [6.07, 6.45) is 6.68. The Hall–Kier alpha value is -4.14. The maximum atomic E-state index is 13.6. The third-order valence-electron chi connectivity index (χ3n) is 8.52. The molecule has 2 unspecified atom stereocenters. The number of carbonyl (C=O) groups excluding carboxylic acids is 1. The van der Waals surface area contributed by atoms with E-state index in [0.717, 1.165) is 43.4 Å². The fourth-order valence-corrected chi connectivity index (χ4v) is 5.36. The van der Waals surface area contributed by atoms with Crippen molar-refractivity contribution in [3.05, 3.63) is 59.4 Å². The van der Waals surface area contributed by atoms with Crippen molar-refractivity contribution in [3.63, 3.8) is 0 Å². The number of amides is 1. The number of hydrogen-bond donors (Lipinski definition) is 3. The summed E-state index contributed by atoms with van der Waals surface area (Å²) in [5.74, 6) is 0.148. The maximum Gasteiger partial charge on any atom is 0.238 e. The quantitative estimate of drug-likeness (QED) is 0.257. The molecule has 4 heterocycles. The lowest BCUT2D eigenvalue weighted by Crippen LogP contribution is -2.54. The number of nitrogen functional groups attached to an aromatic ring is 1. The standard InChI is InChI=1S/C31H42F2N10O2/c1-4-20(2)29(34)30(44)36-19-45-26-17-42(18-26)27-15-28(39-31(35)38-27)43-21(3)22(16-37-43)6-5-7-40-8-10-41(11-9-40)25-13-23(32)12-24(33)14-25/h5-6,12-16,20,26,29H,4,7-11,17-19,34H2,1-3H3,(H,36,44)(H2,35,38,39)/b6-5+. The minimum Gasteiger partial charge on any atom is -0.369 e. The SMILES string of the molecule is CCC(C)C(N)C(=O)NCOC1CN(c2cc(-n3ncc(/C=C/CN4CCN(c5cc(F)cc(F)c5)CC4)c3C)nc(N)n2)C1. The molecule has 3 aromatic rings. The van der Waals surface area contributed by atoms with Crippen LogP contribution in [0.4, 0.5) is 26.2 Å². The summed E-state index contributed by atoms with van der Waals surface area (Å²) in [6.45, 7) is 10.9. The van der Waals surface area contributed by atoms with Crippen LogP contribution in [-0.4, -0.2) is 95.2 Å².